The van der Waals surface area contributed by atoms with Crippen LogP contribution in [-0.2, 0) is 9.53 Å². The fourth-order valence-corrected chi connectivity index (χ4v) is 4.70. The summed E-state index contributed by atoms with van der Waals surface area (Å²) in [6, 6.07) is 14.4. The Balaban J connectivity index is 1.36. The number of nitrogens with one attached hydrogen (secondary N) is 3. The Labute approximate surface area is 232 Å². The second-order valence-electron chi connectivity index (χ2n) is 9.60. The Kier molecular flexibility index (Phi) is 7.01. The molecular formula is C27H26N8O6. The summed E-state index contributed by atoms with van der Waals surface area (Å²) in [6.07, 6.45) is 0.0157. The number of amides is 1. The van der Waals surface area contributed by atoms with E-state index in [1.807, 2.05) is 30.3 Å². The molecule has 0 spiro atoms. The average Bonchev–Trinajstić information content (AvgIpc) is 3.62. The maximum atomic E-state index is 12.9. The standard InChI is InChI=1S/C27H26N8O6/c1-14(37)29-19-8-7-16(26-34-33-25(41-26)15-5-3-2-4-6-15)9-20(19)30-27-31-23-22(24(39)32-27)28-13-35(23)21-11-17(38)10-18(12-36)40-21/h2-9,13,17-18,21,36,38H,10-12H2,1H3,(H,29,37)(H2,30,31,32,39). The molecule has 14 nitrogen and oxygen atoms in total. The van der Waals surface area contributed by atoms with E-state index in [4.69, 9.17) is 9.15 Å². The fourth-order valence-electron chi connectivity index (χ4n) is 4.70. The van der Waals surface area contributed by atoms with E-state index in [-0.39, 0.29) is 41.9 Å². The van der Waals surface area contributed by atoms with E-state index in [9.17, 15) is 19.8 Å². The van der Waals surface area contributed by atoms with Crippen molar-refractivity contribution in [3.8, 4) is 22.9 Å². The summed E-state index contributed by atoms with van der Waals surface area (Å²) in [5.74, 6) is 0.372. The molecule has 2 aromatic carbocycles. The van der Waals surface area contributed by atoms with Crippen molar-refractivity contribution in [2.45, 2.75) is 38.2 Å². The molecule has 0 bridgehead atoms. The average molecular weight is 559 g/mol. The number of imidazole rings is 1. The second kappa shape index (κ2) is 10.9. The van der Waals surface area contributed by atoms with E-state index in [0.717, 1.165) is 5.56 Å². The number of anilines is 3. The molecule has 210 valence electrons. The van der Waals surface area contributed by atoms with Gasteiger partial charge in [-0.25, -0.2) is 4.98 Å². The predicted molar refractivity (Wildman–Crippen MR) is 147 cm³/mol. The van der Waals surface area contributed by atoms with E-state index in [2.05, 4.69) is 35.8 Å². The molecule has 0 saturated carbocycles. The van der Waals surface area contributed by atoms with Gasteiger partial charge >= 0.3 is 0 Å². The van der Waals surface area contributed by atoms with Crippen LogP contribution in [0.25, 0.3) is 34.1 Å². The zero-order chi connectivity index (χ0) is 28.5. The van der Waals surface area contributed by atoms with Crippen LogP contribution in [0, 0.1) is 0 Å². The van der Waals surface area contributed by atoms with Crippen molar-refractivity contribution in [2.75, 3.05) is 17.2 Å². The van der Waals surface area contributed by atoms with E-state index in [1.165, 1.54) is 13.3 Å². The minimum atomic E-state index is -0.696. The van der Waals surface area contributed by atoms with Crippen LogP contribution in [0.4, 0.5) is 17.3 Å². The lowest BCUT2D eigenvalue weighted by atomic mass is 10.0. The van der Waals surface area contributed by atoms with Crippen LogP contribution in [0.2, 0.25) is 0 Å². The monoisotopic (exact) mass is 558 g/mol. The van der Waals surface area contributed by atoms with E-state index < -0.39 is 24.0 Å². The van der Waals surface area contributed by atoms with E-state index in [1.54, 1.807) is 22.8 Å². The van der Waals surface area contributed by atoms with Crippen molar-refractivity contribution in [1.29, 1.82) is 0 Å². The van der Waals surface area contributed by atoms with Gasteiger partial charge in [-0.15, -0.1) is 10.2 Å². The van der Waals surface area contributed by atoms with Crippen molar-refractivity contribution < 1.29 is 24.2 Å². The van der Waals surface area contributed by atoms with Gasteiger partial charge in [0.15, 0.2) is 11.2 Å². The number of aromatic nitrogens is 6. The summed E-state index contributed by atoms with van der Waals surface area (Å²) < 4.78 is 13.3. The molecule has 3 atom stereocenters. The number of nitrogens with zero attached hydrogens (tertiary/aromatic N) is 5. The van der Waals surface area contributed by atoms with Gasteiger partial charge in [0.05, 0.1) is 36.5 Å². The molecule has 0 aliphatic carbocycles. The highest BCUT2D eigenvalue weighted by molar-refractivity contribution is 5.94. The minimum absolute atomic E-state index is 0.0681. The number of hydrogen-bond acceptors (Lipinski definition) is 11. The Bertz CT molecular complexity index is 1760. The zero-order valence-electron chi connectivity index (χ0n) is 21.8. The van der Waals surface area contributed by atoms with Crippen molar-refractivity contribution in [3.05, 3.63) is 65.2 Å². The maximum Gasteiger partial charge on any atom is 0.280 e. The highest BCUT2D eigenvalue weighted by Crippen LogP contribution is 2.33. The molecule has 3 unspecified atom stereocenters. The number of rotatable bonds is 7. The minimum Gasteiger partial charge on any atom is -0.416 e. The van der Waals surface area contributed by atoms with Crippen LogP contribution in [0.3, 0.4) is 0 Å². The summed E-state index contributed by atoms with van der Waals surface area (Å²) >= 11 is 0. The lowest BCUT2D eigenvalue weighted by molar-refractivity contribution is -0.140. The molecule has 1 saturated heterocycles. The molecule has 14 heteroatoms. The normalized spacial score (nSPS) is 18.9. The molecule has 4 heterocycles. The molecule has 5 aromatic rings. The van der Waals surface area contributed by atoms with Crippen LogP contribution >= 0.6 is 0 Å². The van der Waals surface area contributed by atoms with Crippen LogP contribution in [-0.4, -0.2) is 64.7 Å². The third-order valence-corrected chi connectivity index (χ3v) is 6.58. The number of hydrogen-bond donors (Lipinski definition) is 5. The van der Waals surface area contributed by atoms with Crippen molar-refractivity contribution in [3.63, 3.8) is 0 Å². The Morgan fingerprint density at radius 1 is 1.10 bits per heavy atom. The summed E-state index contributed by atoms with van der Waals surface area (Å²) in [7, 11) is 0. The third-order valence-electron chi connectivity index (χ3n) is 6.58. The first kappa shape index (κ1) is 26.3. The first-order chi connectivity index (χ1) is 19.9. The van der Waals surface area contributed by atoms with Crippen molar-refractivity contribution >= 4 is 34.4 Å². The molecule has 1 aliphatic rings. The first-order valence-corrected chi connectivity index (χ1v) is 12.9. The molecule has 6 rings (SSSR count). The molecule has 1 fully saturated rings. The number of carbonyl (C=O) groups is 1. The quantitative estimate of drug-likeness (QED) is 0.197. The van der Waals surface area contributed by atoms with E-state index in [0.29, 0.717) is 29.2 Å². The predicted octanol–water partition coefficient (Wildman–Crippen LogP) is 2.57. The highest BCUT2D eigenvalue weighted by Gasteiger charge is 2.30. The Hall–Kier alpha value is -4.92. The molecular weight excluding hydrogens is 532 g/mol. The molecule has 41 heavy (non-hydrogen) atoms. The number of carbonyl (C=O) groups excluding carboxylic acids is 1. The molecule has 0 radical (unpaired) electrons. The molecule has 3 aromatic heterocycles. The van der Waals surface area contributed by atoms with Crippen molar-refractivity contribution in [1.82, 2.24) is 29.7 Å². The number of ether oxygens (including phenoxy) is 1. The van der Waals surface area contributed by atoms with Gasteiger partial charge in [0.25, 0.3) is 5.56 Å². The number of benzene rings is 2. The van der Waals surface area contributed by atoms with Gasteiger partial charge in [0, 0.05) is 30.9 Å². The lowest BCUT2D eigenvalue weighted by Gasteiger charge is -2.32. The SMILES string of the molecule is CC(=O)Nc1ccc(-c2nnc(-c3ccccc3)o2)cc1Nc1nc2c(ncn2C2CC(O)CC(CO)O2)c(=O)[nH]1. The van der Waals surface area contributed by atoms with E-state index >= 15 is 0 Å². The highest BCUT2D eigenvalue weighted by atomic mass is 16.5. The summed E-state index contributed by atoms with van der Waals surface area (Å²) in [6.45, 7) is 1.13. The number of aliphatic hydroxyl groups is 2. The molecule has 1 amide bonds. The van der Waals surface area contributed by atoms with Gasteiger partial charge in [-0.3, -0.25) is 19.1 Å². The second-order valence-corrected chi connectivity index (χ2v) is 9.60. The topological polar surface area (TPSA) is 193 Å². The van der Waals surface area contributed by atoms with Gasteiger partial charge in [-0.05, 0) is 30.3 Å². The number of fused-ring (bicyclic) bond motifs is 1. The van der Waals surface area contributed by atoms with Gasteiger partial charge in [-0.1, -0.05) is 18.2 Å². The largest absolute Gasteiger partial charge is 0.416 e. The Morgan fingerprint density at radius 3 is 2.63 bits per heavy atom. The summed E-state index contributed by atoms with van der Waals surface area (Å²) in [5.41, 5.74) is 1.94. The first-order valence-electron chi connectivity index (χ1n) is 12.9. The van der Waals surface area contributed by atoms with Crippen LogP contribution in [0.15, 0.2) is 64.1 Å². The number of aliphatic hydroxyl groups excluding tert-OH is 2. The van der Waals surface area contributed by atoms with Crippen LogP contribution in [0.5, 0.6) is 0 Å². The molecule has 5 N–H and O–H groups in total. The number of H-pyrrole nitrogens is 1. The summed E-state index contributed by atoms with van der Waals surface area (Å²) in [4.78, 5) is 36.2. The molecule has 1 aliphatic heterocycles. The van der Waals surface area contributed by atoms with Crippen molar-refractivity contribution in [2.24, 2.45) is 0 Å². The lowest BCUT2D eigenvalue weighted by Crippen LogP contribution is -2.35. The smallest absolute Gasteiger partial charge is 0.280 e. The van der Waals surface area contributed by atoms with Gasteiger partial charge < -0.3 is 30.0 Å². The third kappa shape index (κ3) is 5.43. The van der Waals surface area contributed by atoms with Gasteiger partial charge in [0.1, 0.15) is 6.23 Å². The van der Waals surface area contributed by atoms with Crippen LogP contribution < -0.4 is 16.2 Å². The maximum absolute atomic E-state index is 12.9. The van der Waals surface area contributed by atoms with Crippen LogP contribution in [0.1, 0.15) is 26.0 Å². The number of aromatic amines is 1. The zero-order valence-corrected chi connectivity index (χ0v) is 21.8. The fraction of sp³-hybridized carbons (Fsp3) is 0.259. The van der Waals surface area contributed by atoms with Gasteiger partial charge in [0.2, 0.25) is 23.6 Å². The van der Waals surface area contributed by atoms with Gasteiger partial charge in [-0.2, -0.15) is 4.98 Å². The Morgan fingerprint density at radius 2 is 1.88 bits per heavy atom. The summed E-state index contributed by atoms with van der Waals surface area (Å²) in [5, 5.41) is 33.9.